The highest BCUT2D eigenvalue weighted by atomic mass is 35.5. The van der Waals surface area contributed by atoms with Crippen molar-refractivity contribution in [1.82, 2.24) is 29.9 Å². The number of fused-ring (bicyclic) bond motifs is 1. The summed E-state index contributed by atoms with van der Waals surface area (Å²) >= 11 is 7.82. The van der Waals surface area contributed by atoms with E-state index in [9.17, 15) is 19.3 Å². The van der Waals surface area contributed by atoms with Gasteiger partial charge in [-0.3, -0.25) is 18.4 Å². The lowest BCUT2D eigenvalue weighted by Gasteiger charge is -2.26. The molecule has 0 unspecified atom stereocenters. The molecule has 18 heteroatoms. The summed E-state index contributed by atoms with van der Waals surface area (Å²) < 4.78 is 37.6. The molecule has 0 spiro atoms. The van der Waals surface area contributed by atoms with Crippen LogP contribution in [-0.4, -0.2) is 85.5 Å². The number of hydrogen-bond acceptors (Lipinski definition) is 13. The molecule has 46 heavy (non-hydrogen) atoms. The maximum atomic E-state index is 13.9. The minimum absolute atomic E-state index is 0.0853. The van der Waals surface area contributed by atoms with E-state index >= 15 is 0 Å². The number of alkyl halides is 1. The number of benzene rings is 1. The standard InChI is InChI=1S/C28H39ClN7O8PS/c1-27(2,10-11-31-26(39)41-4)25(38)46-13-12-42-45(40,35-14-18-8-6-5-7-9-18)43-15-19-21(37)28(3,29)24(44-19)36-17-34-20-22(30)32-16-33-23(20)36/h5-9,16-17,19,21,24,37H,10-15H2,1-4H3,(H,31,39)(H,35,40)(H2,30,32,33)/t19-,21-,24-,28-,45-/m1/s1. The van der Waals surface area contributed by atoms with E-state index in [1.807, 2.05) is 30.3 Å². The van der Waals surface area contributed by atoms with Gasteiger partial charge >= 0.3 is 13.8 Å². The summed E-state index contributed by atoms with van der Waals surface area (Å²) in [4.78, 5) is 35.2. The first kappa shape index (κ1) is 36.0. The van der Waals surface area contributed by atoms with Crippen molar-refractivity contribution in [3.63, 3.8) is 0 Å². The average molecular weight is 700 g/mol. The predicted molar refractivity (Wildman–Crippen MR) is 173 cm³/mol. The lowest BCUT2D eigenvalue weighted by Crippen LogP contribution is -2.40. The van der Waals surface area contributed by atoms with Gasteiger partial charge in [-0.1, -0.05) is 55.9 Å². The number of alkyl carbamates (subject to hydrolysis) is 1. The van der Waals surface area contributed by atoms with Gasteiger partial charge in [-0.05, 0) is 18.9 Å². The van der Waals surface area contributed by atoms with Gasteiger partial charge in [0.05, 0.1) is 26.7 Å². The van der Waals surface area contributed by atoms with Gasteiger partial charge in [0.2, 0.25) is 0 Å². The second-order valence-corrected chi connectivity index (χ2v) is 15.1. The van der Waals surface area contributed by atoms with Gasteiger partial charge in [0.25, 0.3) is 0 Å². The topological polar surface area (TPSA) is 202 Å². The van der Waals surface area contributed by atoms with Crippen molar-refractivity contribution in [3.8, 4) is 0 Å². The Morgan fingerprint density at radius 3 is 2.70 bits per heavy atom. The summed E-state index contributed by atoms with van der Waals surface area (Å²) in [6, 6.07) is 9.25. The molecule has 1 fully saturated rings. The molecule has 252 valence electrons. The predicted octanol–water partition coefficient (Wildman–Crippen LogP) is 3.63. The van der Waals surface area contributed by atoms with E-state index in [2.05, 4.69) is 30.1 Å². The number of aliphatic hydroxyl groups is 1. The Morgan fingerprint density at radius 1 is 1.24 bits per heavy atom. The van der Waals surface area contributed by atoms with Gasteiger partial charge in [-0.2, -0.15) is 0 Å². The van der Waals surface area contributed by atoms with Crippen molar-refractivity contribution >= 4 is 59.3 Å². The van der Waals surface area contributed by atoms with Crippen molar-refractivity contribution in [2.24, 2.45) is 5.41 Å². The number of amides is 1. The fourth-order valence-electron chi connectivity index (χ4n) is 4.61. The van der Waals surface area contributed by atoms with Crippen LogP contribution >= 0.6 is 31.1 Å². The zero-order valence-electron chi connectivity index (χ0n) is 25.9. The first-order valence-corrected chi connectivity index (χ1v) is 17.3. The first-order chi connectivity index (χ1) is 21.8. The van der Waals surface area contributed by atoms with Crippen LogP contribution in [0.1, 0.15) is 39.0 Å². The van der Waals surface area contributed by atoms with E-state index < -0.39 is 42.6 Å². The van der Waals surface area contributed by atoms with Crippen LogP contribution in [0.15, 0.2) is 43.0 Å². The Balaban J connectivity index is 1.38. The Labute approximate surface area is 275 Å². The number of aromatic nitrogens is 4. The largest absolute Gasteiger partial charge is 0.453 e. The molecule has 0 radical (unpaired) electrons. The number of carbonyl (C=O) groups excluding carboxylic acids is 2. The summed E-state index contributed by atoms with van der Waals surface area (Å²) in [7, 11) is -2.72. The minimum atomic E-state index is -3.99. The number of hydrogen-bond donors (Lipinski definition) is 4. The van der Waals surface area contributed by atoms with Crippen LogP contribution < -0.4 is 16.1 Å². The highest BCUT2D eigenvalue weighted by Crippen LogP contribution is 2.48. The molecule has 2 aromatic heterocycles. The van der Waals surface area contributed by atoms with Gasteiger partial charge in [0.1, 0.15) is 28.9 Å². The highest BCUT2D eigenvalue weighted by molar-refractivity contribution is 8.13. The molecular weight excluding hydrogens is 661 g/mol. The van der Waals surface area contributed by atoms with Crippen LogP contribution in [0.3, 0.4) is 0 Å². The number of nitrogens with two attached hydrogens (primary N) is 1. The molecule has 5 N–H and O–H groups in total. The van der Waals surface area contributed by atoms with Crippen molar-refractivity contribution in [3.05, 3.63) is 48.5 Å². The van der Waals surface area contributed by atoms with Crippen LogP contribution in [0.4, 0.5) is 10.6 Å². The monoisotopic (exact) mass is 699 g/mol. The van der Waals surface area contributed by atoms with E-state index in [-0.39, 0.29) is 43.0 Å². The van der Waals surface area contributed by atoms with Gasteiger partial charge < -0.3 is 25.6 Å². The molecule has 5 atom stereocenters. The number of imidazole rings is 1. The van der Waals surface area contributed by atoms with Crippen molar-refractivity contribution in [2.75, 3.05) is 38.4 Å². The average Bonchev–Trinajstić information content (AvgIpc) is 3.56. The van der Waals surface area contributed by atoms with E-state index in [4.69, 9.17) is 31.1 Å². The van der Waals surface area contributed by atoms with Gasteiger partial charge in [0.15, 0.2) is 22.8 Å². The molecule has 1 aliphatic rings. The normalized spacial score (nSPS) is 22.9. The fraction of sp³-hybridized carbons (Fsp3) is 0.536. The van der Waals surface area contributed by atoms with Crippen LogP contribution in [0, 0.1) is 5.41 Å². The van der Waals surface area contributed by atoms with Crippen LogP contribution in [0.5, 0.6) is 0 Å². The number of halogens is 1. The molecular formula is C28H39ClN7O8PS. The fourth-order valence-corrected chi connectivity index (χ4v) is 7.19. The van der Waals surface area contributed by atoms with Crippen molar-refractivity contribution in [2.45, 2.75) is 57.0 Å². The smallest absolute Gasteiger partial charge is 0.406 e. The molecule has 1 saturated heterocycles. The summed E-state index contributed by atoms with van der Waals surface area (Å²) in [6.45, 7) is 5.16. The summed E-state index contributed by atoms with van der Waals surface area (Å²) in [5.74, 6) is 0.371. The van der Waals surface area contributed by atoms with Crippen molar-refractivity contribution < 1.29 is 37.8 Å². The van der Waals surface area contributed by atoms with Crippen LogP contribution in [0.25, 0.3) is 11.2 Å². The number of thioether (sulfide) groups is 1. The number of aliphatic hydroxyl groups excluding tert-OH is 1. The molecule has 3 aromatic rings. The number of methoxy groups -OCH3 is 1. The quantitative estimate of drug-likeness (QED) is 0.102. The van der Waals surface area contributed by atoms with Gasteiger partial charge in [-0.15, -0.1) is 11.6 Å². The molecule has 4 rings (SSSR count). The lowest BCUT2D eigenvalue weighted by molar-refractivity contribution is -0.118. The van der Waals surface area contributed by atoms with Crippen molar-refractivity contribution in [1.29, 1.82) is 0 Å². The van der Waals surface area contributed by atoms with Crippen LogP contribution in [-0.2, 0) is 34.4 Å². The molecule has 0 saturated carbocycles. The Kier molecular flexibility index (Phi) is 12.1. The number of nitrogens with one attached hydrogen (secondary N) is 2. The number of nitrogens with zero attached hydrogens (tertiary/aromatic N) is 4. The minimum Gasteiger partial charge on any atom is -0.453 e. The second kappa shape index (κ2) is 15.4. The third-order valence-corrected chi connectivity index (χ3v) is 10.6. The number of ether oxygens (including phenoxy) is 2. The molecule has 1 aliphatic heterocycles. The van der Waals surface area contributed by atoms with Gasteiger partial charge in [0, 0.05) is 24.3 Å². The molecule has 15 nitrogen and oxygen atoms in total. The number of nitrogen functional groups attached to an aromatic ring is 1. The van der Waals surface area contributed by atoms with Gasteiger partial charge in [-0.25, -0.2) is 29.4 Å². The van der Waals surface area contributed by atoms with E-state index in [1.54, 1.807) is 25.3 Å². The maximum absolute atomic E-state index is 13.9. The molecule has 0 bridgehead atoms. The molecule has 0 aliphatic carbocycles. The van der Waals surface area contributed by atoms with Crippen LogP contribution in [0.2, 0.25) is 0 Å². The molecule has 1 amide bonds. The Morgan fingerprint density at radius 2 is 1.98 bits per heavy atom. The summed E-state index contributed by atoms with van der Waals surface area (Å²) in [6.07, 6.45) is -0.619. The highest BCUT2D eigenvalue weighted by Gasteiger charge is 2.54. The molecule has 3 heterocycles. The number of anilines is 1. The first-order valence-electron chi connectivity index (χ1n) is 14.4. The lowest BCUT2D eigenvalue weighted by atomic mass is 9.91. The maximum Gasteiger partial charge on any atom is 0.406 e. The Hall–Kier alpha value is -2.82. The zero-order chi connectivity index (χ0) is 33.5. The number of rotatable bonds is 15. The third kappa shape index (κ3) is 8.75. The SMILES string of the molecule is COC(=O)NCCC(C)(C)C(=O)SCCO[P@](=O)(NCc1ccccc1)OC[C@H]1O[C@@H](n2cnc3c(N)ncnc32)[C@](C)(Cl)[C@@H]1O. The number of carbonyl (C=O) groups is 2. The molecule has 1 aromatic carbocycles. The van der Waals surface area contributed by atoms with E-state index in [0.29, 0.717) is 17.6 Å². The summed E-state index contributed by atoms with van der Waals surface area (Å²) in [5.41, 5.74) is 6.73. The third-order valence-electron chi connectivity index (χ3n) is 7.42. The van der Waals surface area contributed by atoms with E-state index in [0.717, 1.165) is 17.3 Å². The summed E-state index contributed by atoms with van der Waals surface area (Å²) in [5, 5.41) is 16.4. The van der Waals surface area contributed by atoms with E-state index in [1.165, 1.54) is 19.8 Å². The second-order valence-electron chi connectivity index (χ2n) is 11.3. The Bertz CT molecular complexity index is 1550. The zero-order valence-corrected chi connectivity index (χ0v) is 28.4.